The Kier molecular flexibility index (Phi) is 8.03. The third kappa shape index (κ3) is 10.5. The molecule has 1 amide bonds. The van der Waals surface area contributed by atoms with E-state index in [0.29, 0.717) is 25.0 Å². The van der Waals surface area contributed by atoms with Gasteiger partial charge in [0, 0.05) is 5.54 Å². The number of hydrogen-bond acceptors (Lipinski definition) is 3. The zero-order valence-electron chi connectivity index (χ0n) is 13.6. The Morgan fingerprint density at radius 3 is 2.40 bits per heavy atom. The average Bonchev–Trinajstić information content (AvgIpc) is 2.23. The second kappa shape index (κ2) is 8.66. The maximum atomic E-state index is 11.5. The first-order chi connectivity index (χ1) is 9.14. The lowest BCUT2D eigenvalue weighted by atomic mass is 10.0. The van der Waals surface area contributed by atoms with E-state index in [1.54, 1.807) is 6.92 Å². The predicted molar refractivity (Wildman–Crippen MR) is 82.8 cm³/mol. The predicted octanol–water partition coefficient (Wildman–Crippen LogP) is 1.85. The SMILES string of the molecule is CCOC(=O)NC(CN=C(N)NC(C)(C)C)CC(C)C. The average molecular weight is 286 g/mol. The van der Waals surface area contributed by atoms with Crippen molar-refractivity contribution in [1.82, 2.24) is 10.6 Å². The van der Waals surface area contributed by atoms with Crippen LogP contribution >= 0.6 is 0 Å². The number of alkyl carbamates (subject to hydrolysis) is 1. The zero-order valence-corrected chi connectivity index (χ0v) is 13.6. The standard InChI is InChI=1S/C14H30N4O2/c1-7-20-13(19)17-11(8-10(2)3)9-16-12(15)18-14(4,5)6/h10-11H,7-9H2,1-6H3,(H,17,19)(H3,15,16,18). The molecule has 0 rings (SSSR count). The second-order valence-corrected chi connectivity index (χ2v) is 6.29. The van der Waals surface area contributed by atoms with E-state index in [4.69, 9.17) is 10.5 Å². The van der Waals surface area contributed by atoms with Crippen LogP contribution in [0.1, 0.15) is 48.0 Å². The quantitative estimate of drug-likeness (QED) is 0.513. The molecule has 6 nitrogen and oxygen atoms in total. The topological polar surface area (TPSA) is 88.7 Å². The van der Waals surface area contributed by atoms with Crippen molar-refractivity contribution in [2.45, 2.75) is 59.5 Å². The number of carbonyl (C=O) groups excluding carboxylic acids is 1. The Morgan fingerprint density at radius 2 is 1.95 bits per heavy atom. The second-order valence-electron chi connectivity index (χ2n) is 6.29. The third-order valence-electron chi connectivity index (χ3n) is 2.34. The molecule has 0 fully saturated rings. The van der Waals surface area contributed by atoms with Gasteiger partial charge in [0.25, 0.3) is 0 Å². The molecule has 0 spiro atoms. The molecule has 0 saturated carbocycles. The van der Waals surface area contributed by atoms with Crippen molar-refractivity contribution in [3.05, 3.63) is 0 Å². The molecule has 20 heavy (non-hydrogen) atoms. The van der Waals surface area contributed by atoms with Gasteiger partial charge in [-0.05, 0) is 40.0 Å². The Hall–Kier alpha value is -1.46. The molecule has 0 aromatic carbocycles. The number of nitrogens with one attached hydrogen (secondary N) is 2. The summed E-state index contributed by atoms with van der Waals surface area (Å²) in [6.07, 6.45) is 0.418. The Morgan fingerprint density at radius 1 is 1.35 bits per heavy atom. The summed E-state index contributed by atoms with van der Waals surface area (Å²) >= 11 is 0. The van der Waals surface area contributed by atoms with Gasteiger partial charge >= 0.3 is 6.09 Å². The first kappa shape index (κ1) is 18.5. The van der Waals surface area contributed by atoms with Crippen LogP contribution in [0.4, 0.5) is 4.79 Å². The van der Waals surface area contributed by atoms with Gasteiger partial charge in [-0.15, -0.1) is 0 Å². The number of nitrogens with zero attached hydrogens (tertiary/aromatic N) is 1. The van der Waals surface area contributed by atoms with E-state index in [1.165, 1.54) is 0 Å². The van der Waals surface area contributed by atoms with Crippen molar-refractivity contribution >= 4 is 12.1 Å². The van der Waals surface area contributed by atoms with E-state index in [1.807, 2.05) is 20.8 Å². The molecule has 0 aromatic rings. The fourth-order valence-corrected chi connectivity index (χ4v) is 1.72. The molecule has 0 heterocycles. The van der Waals surface area contributed by atoms with E-state index < -0.39 is 6.09 Å². The Balaban J connectivity index is 4.49. The molecular weight excluding hydrogens is 256 g/mol. The molecule has 0 aliphatic rings. The van der Waals surface area contributed by atoms with Gasteiger partial charge in [-0.3, -0.25) is 4.99 Å². The molecule has 4 N–H and O–H groups in total. The molecule has 1 atom stereocenters. The summed E-state index contributed by atoms with van der Waals surface area (Å²) in [4.78, 5) is 15.8. The fraction of sp³-hybridized carbons (Fsp3) is 0.857. The molecule has 0 radical (unpaired) electrons. The van der Waals surface area contributed by atoms with Crippen LogP contribution in [0.3, 0.4) is 0 Å². The minimum absolute atomic E-state index is 0.0747. The van der Waals surface area contributed by atoms with Crippen molar-refractivity contribution in [2.75, 3.05) is 13.2 Å². The number of aliphatic imine (C=N–C) groups is 1. The highest BCUT2D eigenvalue weighted by Gasteiger charge is 2.15. The minimum atomic E-state index is -0.407. The van der Waals surface area contributed by atoms with Crippen LogP contribution in [0.5, 0.6) is 0 Å². The maximum absolute atomic E-state index is 11.5. The van der Waals surface area contributed by atoms with Crippen molar-refractivity contribution in [2.24, 2.45) is 16.6 Å². The first-order valence-electron chi connectivity index (χ1n) is 7.15. The van der Waals surface area contributed by atoms with Gasteiger partial charge in [0.1, 0.15) is 0 Å². The number of carbonyl (C=O) groups is 1. The minimum Gasteiger partial charge on any atom is -0.450 e. The molecule has 0 aliphatic heterocycles. The van der Waals surface area contributed by atoms with Gasteiger partial charge in [0.2, 0.25) is 0 Å². The van der Waals surface area contributed by atoms with E-state index in [9.17, 15) is 4.79 Å². The highest BCUT2D eigenvalue weighted by atomic mass is 16.5. The lowest BCUT2D eigenvalue weighted by Gasteiger charge is -2.22. The number of nitrogens with two attached hydrogens (primary N) is 1. The summed E-state index contributed by atoms with van der Waals surface area (Å²) in [6.45, 7) is 12.8. The summed E-state index contributed by atoms with van der Waals surface area (Å²) < 4.78 is 4.90. The van der Waals surface area contributed by atoms with Crippen molar-refractivity contribution < 1.29 is 9.53 Å². The molecule has 118 valence electrons. The van der Waals surface area contributed by atoms with Gasteiger partial charge in [-0.2, -0.15) is 0 Å². The number of ether oxygens (including phenoxy) is 1. The first-order valence-corrected chi connectivity index (χ1v) is 7.15. The van der Waals surface area contributed by atoms with Gasteiger partial charge in [-0.1, -0.05) is 13.8 Å². The highest BCUT2D eigenvalue weighted by molar-refractivity contribution is 5.78. The fourth-order valence-electron chi connectivity index (χ4n) is 1.72. The molecule has 0 aromatic heterocycles. The van der Waals surface area contributed by atoms with Crippen LogP contribution in [0.15, 0.2) is 4.99 Å². The molecular formula is C14H30N4O2. The van der Waals surface area contributed by atoms with Crippen LogP contribution < -0.4 is 16.4 Å². The molecule has 6 heteroatoms. The zero-order chi connectivity index (χ0) is 15.8. The van der Waals surface area contributed by atoms with Crippen LogP contribution in [0, 0.1) is 5.92 Å². The number of rotatable bonds is 6. The monoisotopic (exact) mass is 286 g/mol. The summed E-state index contributed by atoms with van der Waals surface area (Å²) in [6, 6.07) is -0.0747. The lowest BCUT2D eigenvalue weighted by molar-refractivity contribution is 0.147. The smallest absolute Gasteiger partial charge is 0.407 e. The molecule has 1 unspecified atom stereocenters. The van der Waals surface area contributed by atoms with Gasteiger partial charge in [0.15, 0.2) is 5.96 Å². The van der Waals surface area contributed by atoms with Crippen molar-refractivity contribution in [3.63, 3.8) is 0 Å². The Labute approximate surface area is 122 Å². The van der Waals surface area contributed by atoms with E-state index >= 15 is 0 Å². The van der Waals surface area contributed by atoms with Crippen LogP contribution in [0.25, 0.3) is 0 Å². The largest absolute Gasteiger partial charge is 0.450 e. The normalized spacial score (nSPS) is 14.1. The highest BCUT2D eigenvalue weighted by Crippen LogP contribution is 2.06. The van der Waals surface area contributed by atoms with E-state index in [0.717, 1.165) is 6.42 Å². The number of amides is 1. The van der Waals surface area contributed by atoms with Crippen LogP contribution in [-0.4, -0.2) is 36.8 Å². The lowest BCUT2D eigenvalue weighted by Crippen LogP contribution is -2.46. The number of hydrogen-bond donors (Lipinski definition) is 3. The van der Waals surface area contributed by atoms with Gasteiger partial charge < -0.3 is 21.1 Å². The summed E-state index contributed by atoms with van der Waals surface area (Å²) in [5.41, 5.74) is 5.69. The van der Waals surface area contributed by atoms with Crippen LogP contribution in [-0.2, 0) is 4.74 Å². The molecule has 0 saturated heterocycles. The molecule has 0 aliphatic carbocycles. The number of guanidine groups is 1. The third-order valence-corrected chi connectivity index (χ3v) is 2.34. The maximum Gasteiger partial charge on any atom is 0.407 e. The molecule has 0 bridgehead atoms. The van der Waals surface area contributed by atoms with Gasteiger partial charge in [0.05, 0.1) is 19.2 Å². The summed E-state index contributed by atoms with van der Waals surface area (Å²) in [7, 11) is 0. The van der Waals surface area contributed by atoms with E-state index in [2.05, 4.69) is 29.5 Å². The van der Waals surface area contributed by atoms with Crippen LogP contribution in [0.2, 0.25) is 0 Å². The van der Waals surface area contributed by atoms with Gasteiger partial charge in [-0.25, -0.2) is 4.79 Å². The van der Waals surface area contributed by atoms with Crippen molar-refractivity contribution in [1.29, 1.82) is 0 Å². The Bertz CT molecular complexity index is 322. The van der Waals surface area contributed by atoms with E-state index in [-0.39, 0.29) is 11.6 Å². The summed E-state index contributed by atoms with van der Waals surface area (Å²) in [5.74, 6) is 0.839. The summed E-state index contributed by atoms with van der Waals surface area (Å²) in [5, 5.41) is 5.91. The van der Waals surface area contributed by atoms with Crippen molar-refractivity contribution in [3.8, 4) is 0 Å².